The third-order valence-electron chi connectivity index (χ3n) is 4.52. The Morgan fingerprint density at radius 1 is 1.30 bits per heavy atom. The summed E-state index contributed by atoms with van der Waals surface area (Å²) in [6, 6.07) is 1.24. The van der Waals surface area contributed by atoms with Crippen molar-refractivity contribution in [2.45, 2.75) is 38.6 Å². The Hall–Kier alpha value is -1.89. The minimum Gasteiger partial charge on any atom is -0.360 e. The molecule has 0 saturated carbocycles. The highest BCUT2D eigenvalue weighted by molar-refractivity contribution is 5.96. The molecule has 2 aliphatic heterocycles. The van der Waals surface area contributed by atoms with Crippen molar-refractivity contribution in [3.63, 3.8) is 0 Å². The van der Waals surface area contributed by atoms with Gasteiger partial charge in [-0.25, -0.2) is 0 Å². The van der Waals surface area contributed by atoms with Crippen molar-refractivity contribution < 1.29 is 14.1 Å². The van der Waals surface area contributed by atoms with Gasteiger partial charge in [-0.15, -0.1) is 0 Å². The average Bonchev–Trinajstić information content (AvgIpc) is 3.24. The van der Waals surface area contributed by atoms with E-state index in [1.54, 1.807) is 11.0 Å². The lowest BCUT2D eigenvalue weighted by atomic mass is 10.1. The highest BCUT2D eigenvalue weighted by Crippen LogP contribution is 2.19. The van der Waals surface area contributed by atoms with Gasteiger partial charge in [0.2, 0.25) is 5.91 Å². The van der Waals surface area contributed by atoms with E-state index in [-0.39, 0.29) is 23.4 Å². The van der Waals surface area contributed by atoms with Crippen LogP contribution >= 0.6 is 0 Å². The van der Waals surface area contributed by atoms with E-state index in [0.717, 1.165) is 25.9 Å². The molecule has 2 aliphatic rings. The molecule has 2 amide bonds. The summed E-state index contributed by atoms with van der Waals surface area (Å²) < 4.78 is 5.23. The molecule has 0 aliphatic carbocycles. The van der Waals surface area contributed by atoms with Crippen molar-refractivity contribution in [2.24, 2.45) is 0 Å². The second-order valence-electron chi connectivity index (χ2n) is 6.52. The van der Waals surface area contributed by atoms with Crippen LogP contribution in [0.1, 0.15) is 48.9 Å². The van der Waals surface area contributed by atoms with Crippen LogP contribution in [0, 0.1) is 0 Å². The molecule has 0 radical (unpaired) electrons. The number of hydrogen-bond donors (Lipinski definition) is 1. The quantitative estimate of drug-likeness (QED) is 0.892. The average molecular weight is 320 g/mol. The summed E-state index contributed by atoms with van der Waals surface area (Å²) in [6.45, 7) is 7.24. The van der Waals surface area contributed by atoms with E-state index in [4.69, 9.17) is 4.52 Å². The number of carbonyl (C=O) groups excluding carboxylic acids is 2. The lowest BCUT2D eigenvalue weighted by Gasteiger charge is -2.36. The number of piperazine rings is 1. The SMILES string of the molecule is CC(C)c1cc(C(=O)N2CCNCC2C(=O)N2CCCC2)no1. The Labute approximate surface area is 136 Å². The molecule has 0 aromatic carbocycles. The second-order valence-corrected chi connectivity index (χ2v) is 6.52. The topological polar surface area (TPSA) is 78.7 Å². The van der Waals surface area contributed by atoms with Gasteiger partial charge >= 0.3 is 0 Å². The van der Waals surface area contributed by atoms with E-state index in [0.29, 0.717) is 25.4 Å². The molecule has 1 N–H and O–H groups in total. The third-order valence-corrected chi connectivity index (χ3v) is 4.52. The zero-order valence-electron chi connectivity index (χ0n) is 13.7. The van der Waals surface area contributed by atoms with Crippen LogP contribution in [0.25, 0.3) is 0 Å². The summed E-state index contributed by atoms with van der Waals surface area (Å²) in [5.41, 5.74) is 0.287. The molecule has 3 rings (SSSR count). The predicted molar refractivity (Wildman–Crippen MR) is 84.1 cm³/mol. The maximum Gasteiger partial charge on any atom is 0.276 e. The number of nitrogens with zero attached hydrogens (tertiary/aromatic N) is 3. The van der Waals surface area contributed by atoms with Gasteiger partial charge in [0.15, 0.2) is 5.69 Å². The smallest absolute Gasteiger partial charge is 0.276 e. The summed E-state index contributed by atoms with van der Waals surface area (Å²) in [5, 5.41) is 7.11. The van der Waals surface area contributed by atoms with Gasteiger partial charge in [-0.2, -0.15) is 0 Å². The first-order valence-electron chi connectivity index (χ1n) is 8.35. The third kappa shape index (κ3) is 3.24. The number of likely N-dealkylation sites (tertiary alicyclic amines) is 1. The van der Waals surface area contributed by atoms with Gasteiger partial charge in [-0.05, 0) is 12.8 Å². The van der Waals surface area contributed by atoms with Gasteiger partial charge in [0.05, 0.1) is 0 Å². The van der Waals surface area contributed by atoms with E-state index >= 15 is 0 Å². The van der Waals surface area contributed by atoms with E-state index in [9.17, 15) is 9.59 Å². The van der Waals surface area contributed by atoms with Gasteiger partial charge in [-0.3, -0.25) is 9.59 Å². The fourth-order valence-electron chi connectivity index (χ4n) is 3.13. The van der Waals surface area contributed by atoms with Gasteiger partial charge in [0, 0.05) is 44.7 Å². The van der Waals surface area contributed by atoms with Crippen molar-refractivity contribution in [2.75, 3.05) is 32.7 Å². The summed E-state index contributed by atoms with van der Waals surface area (Å²) in [5.74, 6) is 0.676. The lowest BCUT2D eigenvalue weighted by Crippen LogP contribution is -2.59. The Balaban J connectivity index is 1.76. The highest BCUT2D eigenvalue weighted by Gasteiger charge is 2.36. The maximum absolute atomic E-state index is 12.8. The van der Waals surface area contributed by atoms with Gasteiger partial charge in [0.25, 0.3) is 5.91 Å². The first-order chi connectivity index (χ1) is 11.1. The monoisotopic (exact) mass is 320 g/mol. The summed E-state index contributed by atoms with van der Waals surface area (Å²) >= 11 is 0. The number of amides is 2. The molecule has 2 fully saturated rings. The molecule has 23 heavy (non-hydrogen) atoms. The molecule has 126 valence electrons. The lowest BCUT2D eigenvalue weighted by molar-refractivity contribution is -0.135. The molecular formula is C16H24N4O3. The van der Waals surface area contributed by atoms with E-state index in [1.807, 2.05) is 18.7 Å². The number of carbonyl (C=O) groups is 2. The summed E-state index contributed by atoms with van der Waals surface area (Å²) in [7, 11) is 0. The van der Waals surface area contributed by atoms with Crippen LogP contribution in [0.4, 0.5) is 0 Å². The number of nitrogens with one attached hydrogen (secondary N) is 1. The Bertz CT molecular complexity index is 578. The number of aromatic nitrogens is 1. The van der Waals surface area contributed by atoms with Crippen LogP contribution < -0.4 is 5.32 Å². The minimum absolute atomic E-state index is 0.0376. The van der Waals surface area contributed by atoms with Crippen molar-refractivity contribution in [1.82, 2.24) is 20.3 Å². The first kappa shape index (κ1) is 16.0. The molecule has 1 unspecified atom stereocenters. The van der Waals surface area contributed by atoms with Crippen LogP contribution in [0.2, 0.25) is 0 Å². The van der Waals surface area contributed by atoms with Crippen molar-refractivity contribution in [3.05, 3.63) is 17.5 Å². The van der Waals surface area contributed by atoms with Crippen LogP contribution in [0.15, 0.2) is 10.6 Å². The zero-order valence-corrected chi connectivity index (χ0v) is 13.7. The molecule has 7 nitrogen and oxygen atoms in total. The molecular weight excluding hydrogens is 296 g/mol. The second kappa shape index (κ2) is 6.70. The largest absolute Gasteiger partial charge is 0.360 e. The fourth-order valence-corrected chi connectivity index (χ4v) is 3.13. The van der Waals surface area contributed by atoms with Crippen LogP contribution in [0.3, 0.4) is 0 Å². The first-order valence-corrected chi connectivity index (χ1v) is 8.35. The molecule has 1 atom stereocenters. The van der Waals surface area contributed by atoms with Crippen LogP contribution in [-0.4, -0.2) is 65.5 Å². The highest BCUT2D eigenvalue weighted by atomic mass is 16.5. The van der Waals surface area contributed by atoms with E-state index < -0.39 is 6.04 Å². The Morgan fingerprint density at radius 3 is 2.70 bits per heavy atom. The van der Waals surface area contributed by atoms with Crippen molar-refractivity contribution in [1.29, 1.82) is 0 Å². The molecule has 3 heterocycles. The molecule has 2 saturated heterocycles. The van der Waals surface area contributed by atoms with Gasteiger partial charge in [0.1, 0.15) is 11.8 Å². The molecule has 0 spiro atoms. The number of rotatable bonds is 3. The van der Waals surface area contributed by atoms with Crippen molar-refractivity contribution >= 4 is 11.8 Å². The maximum atomic E-state index is 12.8. The standard InChI is InChI=1S/C16H24N4O3/c1-11(2)14-9-12(18-23-14)15(21)20-8-5-17-10-13(20)16(22)19-6-3-4-7-19/h9,11,13,17H,3-8,10H2,1-2H3. The Kier molecular flexibility index (Phi) is 4.66. The fraction of sp³-hybridized carbons (Fsp3) is 0.688. The minimum atomic E-state index is -0.450. The van der Waals surface area contributed by atoms with Gasteiger partial charge in [-0.1, -0.05) is 19.0 Å². The van der Waals surface area contributed by atoms with E-state index in [1.165, 1.54) is 0 Å². The molecule has 1 aromatic heterocycles. The predicted octanol–water partition coefficient (Wildman–Crippen LogP) is 0.834. The number of hydrogen-bond acceptors (Lipinski definition) is 5. The Morgan fingerprint density at radius 2 is 2.04 bits per heavy atom. The zero-order chi connectivity index (χ0) is 16.4. The van der Waals surface area contributed by atoms with Crippen LogP contribution in [-0.2, 0) is 4.79 Å². The van der Waals surface area contributed by atoms with E-state index in [2.05, 4.69) is 10.5 Å². The van der Waals surface area contributed by atoms with Gasteiger partial charge < -0.3 is 19.6 Å². The summed E-state index contributed by atoms with van der Waals surface area (Å²) in [4.78, 5) is 29.0. The molecule has 0 bridgehead atoms. The van der Waals surface area contributed by atoms with Crippen LogP contribution in [0.5, 0.6) is 0 Å². The molecule has 7 heteroatoms. The summed E-state index contributed by atoms with van der Waals surface area (Å²) in [6.07, 6.45) is 2.09. The molecule has 1 aromatic rings. The van der Waals surface area contributed by atoms with Crippen molar-refractivity contribution in [3.8, 4) is 0 Å². The normalized spacial score (nSPS) is 22.0.